The maximum Gasteiger partial charge on any atom is 0.227 e. The molecule has 1 saturated heterocycles. The summed E-state index contributed by atoms with van der Waals surface area (Å²) in [6, 6.07) is 8.13. The second-order valence-electron chi connectivity index (χ2n) is 9.95. The minimum Gasteiger partial charge on any atom is -0.394 e. The molecule has 2 aromatic rings. The fraction of sp³-hybridized carbons (Fsp3) is 0.520. The van der Waals surface area contributed by atoms with E-state index in [9.17, 15) is 9.32 Å². The van der Waals surface area contributed by atoms with Crippen molar-refractivity contribution in [1.82, 2.24) is 9.97 Å². The van der Waals surface area contributed by atoms with E-state index in [1.165, 1.54) is 11.1 Å². The van der Waals surface area contributed by atoms with Gasteiger partial charge >= 0.3 is 0 Å². The van der Waals surface area contributed by atoms with Crippen LogP contribution in [0.25, 0.3) is 5.57 Å². The van der Waals surface area contributed by atoms with Crippen LogP contribution in [-0.2, 0) is 17.2 Å². The summed E-state index contributed by atoms with van der Waals surface area (Å²) in [5.41, 5.74) is 3.24. The first-order valence-corrected chi connectivity index (χ1v) is 13.6. The first-order chi connectivity index (χ1) is 16.0. The molecule has 0 radical (unpaired) electrons. The highest BCUT2D eigenvalue weighted by molar-refractivity contribution is 7.85. The van der Waals surface area contributed by atoms with Gasteiger partial charge in [-0.1, -0.05) is 29.8 Å². The molecular formula is C25H29ClN4O2S. The number of benzene rings is 1. The van der Waals surface area contributed by atoms with Crippen molar-refractivity contribution in [1.29, 1.82) is 0 Å². The van der Waals surface area contributed by atoms with Crippen LogP contribution in [0.2, 0.25) is 5.02 Å². The zero-order chi connectivity index (χ0) is 22.6. The largest absolute Gasteiger partial charge is 0.394 e. The number of aromatic nitrogens is 2. The molecule has 1 saturated carbocycles. The number of nitrogens with zero attached hydrogens (tertiary/aromatic N) is 3. The van der Waals surface area contributed by atoms with Crippen LogP contribution in [0, 0.1) is 11.8 Å². The van der Waals surface area contributed by atoms with Gasteiger partial charge in [-0.25, -0.2) is 4.98 Å². The minimum atomic E-state index is -1.09. The van der Waals surface area contributed by atoms with Gasteiger partial charge in [0.2, 0.25) is 5.95 Å². The van der Waals surface area contributed by atoms with E-state index in [4.69, 9.17) is 21.6 Å². The molecule has 2 fully saturated rings. The van der Waals surface area contributed by atoms with E-state index in [0.29, 0.717) is 23.4 Å². The highest BCUT2D eigenvalue weighted by Crippen LogP contribution is 2.43. The van der Waals surface area contributed by atoms with Crippen molar-refractivity contribution in [3.63, 3.8) is 0 Å². The number of hydrogen-bond acceptors (Lipinski definition) is 6. The number of aliphatic hydroxyl groups is 1. The predicted octanol–water partition coefficient (Wildman–Crippen LogP) is 4.05. The van der Waals surface area contributed by atoms with Gasteiger partial charge in [-0.15, -0.1) is 0 Å². The van der Waals surface area contributed by atoms with Gasteiger partial charge in [0.1, 0.15) is 10.7 Å². The molecule has 2 aliphatic carbocycles. The van der Waals surface area contributed by atoms with Gasteiger partial charge < -0.3 is 15.3 Å². The molecule has 0 bridgehead atoms. The normalized spacial score (nSPS) is 27.5. The van der Waals surface area contributed by atoms with E-state index in [-0.39, 0.29) is 12.1 Å². The van der Waals surface area contributed by atoms with Crippen LogP contribution >= 0.6 is 11.6 Å². The lowest BCUT2D eigenvalue weighted by Gasteiger charge is -2.42. The lowest BCUT2D eigenvalue weighted by molar-refractivity contribution is 0.143. The molecule has 2 aliphatic heterocycles. The number of halogens is 1. The maximum atomic E-state index is 12.9. The Balaban J connectivity index is 1.27. The zero-order valence-electron chi connectivity index (χ0n) is 18.6. The van der Waals surface area contributed by atoms with Crippen LogP contribution in [0.5, 0.6) is 0 Å². The number of anilines is 2. The Hall–Kier alpha value is -1.96. The van der Waals surface area contributed by atoms with Gasteiger partial charge in [-0.2, -0.15) is 4.98 Å². The Labute approximate surface area is 201 Å². The van der Waals surface area contributed by atoms with E-state index >= 15 is 0 Å². The van der Waals surface area contributed by atoms with Gasteiger partial charge in [0.05, 0.1) is 28.6 Å². The second kappa shape index (κ2) is 8.36. The second-order valence-corrected chi connectivity index (χ2v) is 11.9. The van der Waals surface area contributed by atoms with E-state index in [1.54, 1.807) is 0 Å². The number of allylic oxidation sites excluding steroid dienone is 1. The maximum absolute atomic E-state index is 12.9. The number of rotatable bonds is 5. The summed E-state index contributed by atoms with van der Waals surface area (Å²) in [5.74, 6) is 3.10. The van der Waals surface area contributed by atoms with Gasteiger partial charge in [0.15, 0.2) is 0 Å². The van der Waals surface area contributed by atoms with Crippen LogP contribution in [-0.4, -0.2) is 50.3 Å². The summed E-state index contributed by atoms with van der Waals surface area (Å²) in [6.45, 7) is 1.89. The standard InChI is InChI=1S/C25H29ClN4O2S/c26-20-6-4-16(5-7-20)17-11-18-13-30(14-19(18)12-17)24-27-21-3-1-10-33(32)22(21)23(28-24)29-25(15-31)8-2-9-25/h4-7,11,18-19,31H,1-3,8-10,12-15H2,(H,27,28,29)/t18-,19+,33-/m1/s1. The van der Waals surface area contributed by atoms with Crippen molar-refractivity contribution in [2.45, 2.75) is 49.0 Å². The number of hydrogen-bond donors (Lipinski definition) is 2. The monoisotopic (exact) mass is 484 g/mol. The molecule has 6 nitrogen and oxygen atoms in total. The average molecular weight is 485 g/mol. The van der Waals surface area contributed by atoms with Crippen molar-refractivity contribution in [2.75, 3.05) is 35.7 Å². The molecule has 0 spiro atoms. The lowest BCUT2D eigenvalue weighted by Crippen LogP contribution is -2.49. The van der Waals surface area contributed by atoms with Gasteiger partial charge in [0.25, 0.3) is 0 Å². The Morgan fingerprint density at radius 2 is 2.00 bits per heavy atom. The first-order valence-electron chi connectivity index (χ1n) is 11.9. The molecule has 33 heavy (non-hydrogen) atoms. The van der Waals surface area contributed by atoms with Gasteiger partial charge in [0, 0.05) is 23.9 Å². The molecule has 1 aromatic heterocycles. The van der Waals surface area contributed by atoms with E-state index in [2.05, 4.69) is 28.4 Å². The summed E-state index contributed by atoms with van der Waals surface area (Å²) in [5, 5.41) is 14.3. The van der Waals surface area contributed by atoms with Crippen molar-refractivity contribution in [2.24, 2.45) is 11.8 Å². The molecular weight excluding hydrogens is 456 g/mol. The topological polar surface area (TPSA) is 78.4 Å². The third-order valence-corrected chi connectivity index (χ3v) is 9.57. The molecule has 1 aromatic carbocycles. The number of aliphatic hydroxyl groups excluding tert-OH is 1. The van der Waals surface area contributed by atoms with Crippen molar-refractivity contribution in [3.8, 4) is 0 Å². The predicted molar refractivity (Wildman–Crippen MR) is 132 cm³/mol. The molecule has 8 heteroatoms. The molecule has 2 N–H and O–H groups in total. The Bertz CT molecular complexity index is 1130. The highest BCUT2D eigenvalue weighted by Gasteiger charge is 2.40. The number of nitrogens with one attached hydrogen (secondary N) is 1. The third kappa shape index (κ3) is 3.88. The summed E-state index contributed by atoms with van der Waals surface area (Å²) >= 11 is 6.06. The van der Waals surface area contributed by atoms with Crippen molar-refractivity contribution >= 4 is 39.7 Å². The molecule has 3 atom stereocenters. The minimum absolute atomic E-state index is 0.0693. The lowest BCUT2D eigenvalue weighted by atomic mass is 9.77. The highest BCUT2D eigenvalue weighted by atomic mass is 35.5. The van der Waals surface area contributed by atoms with E-state index < -0.39 is 10.8 Å². The number of fused-ring (bicyclic) bond motifs is 2. The molecule has 0 unspecified atom stereocenters. The molecule has 174 valence electrons. The van der Waals surface area contributed by atoms with Crippen LogP contribution in [0.4, 0.5) is 11.8 Å². The fourth-order valence-corrected chi connectivity index (χ4v) is 7.18. The van der Waals surface area contributed by atoms with E-state index in [1.807, 2.05) is 12.1 Å². The fourth-order valence-electron chi connectivity index (χ4n) is 5.72. The molecule has 6 rings (SSSR count). The Kier molecular flexibility index (Phi) is 5.46. The zero-order valence-corrected chi connectivity index (χ0v) is 20.2. The molecule has 3 heterocycles. The SMILES string of the molecule is O=[S@@]1CCCc2nc(N3C[C@@H]4CC(c5ccc(Cl)cc5)=C[C@@H]4C3)nc(NC3(CO)CCC3)c21. The van der Waals surface area contributed by atoms with Gasteiger partial charge in [-0.3, -0.25) is 4.21 Å². The summed E-state index contributed by atoms with van der Waals surface area (Å²) in [7, 11) is -1.09. The Morgan fingerprint density at radius 1 is 1.18 bits per heavy atom. The quantitative estimate of drug-likeness (QED) is 0.666. The first kappa shape index (κ1) is 21.6. The van der Waals surface area contributed by atoms with Gasteiger partial charge in [-0.05, 0) is 73.6 Å². The van der Waals surface area contributed by atoms with Crippen LogP contribution < -0.4 is 10.2 Å². The summed E-state index contributed by atoms with van der Waals surface area (Å²) in [6.07, 6.45) is 8.10. The molecule has 4 aliphatic rings. The average Bonchev–Trinajstić information content (AvgIpc) is 3.36. The van der Waals surface area contributed by atoms with Crippen LogP contribution in [0.3, 0.4) is 0 Å². The van der Waals surface area contributed by atoms with Crippen molar-refractivity contribution < 1.29 is 9.32 Å². The van der Waals surface area contributed by atoms with E-state index in [0.717, 1.165) is 73.2 Å². The van der Waals surface area contributed by atoms with Crippen molar-refractivity contribution in [3.05, 3.63) is 46.6 Å². The Morgan fingerprint density at radius 3 is 2.70 bits per heavy atom. The smallest absolute Gasteiger partial charge is 0.227 e. The van der Waals surface area contributed by atoms with Crippen LogP contribution in [0.15, 0.2) is 35.2 Å². The summed E-state index contributed by atoms with van der Waals surface area (Å²) in [4.78, 5) is 12.9. The molecule has 0 amide bonds. The van der Waals surface area contributed by atoms with Crippen LogP contribution in [0.1, 0.15) is 43.4 Å². The number of aryl methyl sites for hydroxylation is 1. The summed E-state index contributed by atoms with van der Waals surface area (Å²) < 4.78 is 12.9. The third-order valence-electron chi connectivity index (χ3n) is 7.78.